The second-order valence-electron chi connectivity index (χ2n) is 28.0. The fourth-order valence-electron chi connectivity index (χ4n) is 15.3. The molecule has 25 N–H and O–H groups in total. The molecule has 10 saturated heterocycles. The SMILES string of the molecule is CCC1OC(CO)C(O)C(COC2OC(CO)C(O)C(OC3OC(CO)C(O)C(OC4OC(COC5OC(CO)C(O)C(OC6OC(CO)C7COC(C8OC(CO)C(O)C(O)C8O)C7C6O)C5O)C(C)C(OC5OC(CO)C(O)C(OC6OC(CO)C(C)C(O)C6O)C5O)C4O)C3O)C2O)C1O. The van der Waals surface area contributed by atoms with Crippen LogP contribution in [0, 0.1) is 29.6 Å². The van der Waals surface area contributed by atoms with Gasteiger partial charge in [0.1, 0.15) is 153 Å². The summed E-state index contributed by atoms with van der Waals surface area (Å²) in [5.41, 5.74) is 0. The maximum absolute atomic E-state index is 12.5. The standard InChI is InChI=1S/C61H104O42/c1-4-20-32(71)19(33(72)23(7-64)90-20)14-88-55-44(83)51(36(75)25(9-66)94-55)102-61-47(86)53(38(77)28(12-69)97-61)103-59-43(82)48(99-60-46(85)52(37(76)27(11-68)96-60)101-58-42(81)31(70)16(2)21(5-62)92-58)17(3)29(98-59)15-89-56-45(84)50(35(74)26(10-67)95-56)100-57-39(78)30-18(22(6-63)93-57)13-87-49(30)54-41(80)40(79)34(73)24(8-65)91-54/h16-86H,4-15H2,1-3H3. The molecule has 0 radical (unpaired) electrons. The summed E-state index contributed by atoms with van der Waals surface area (Å²) < 4.78 is 101. The Morgan fingerprint density at radius 2 is 0.621 bits per heavy atom. The van der Waals surface area contributed by atoms with Crippen LogP contribution in [0.4, 0.5) is 0 Å². The van der Waals surface area contributed by atoms with Gasteiger partial charge in [-0.3, -0.25) is 0 Å². The molecule has 103 heavy (non-hydrogen) atoms. The van der Waals surface area contributed by atoms with Crippen molar-refractivity contribution >= 4 is 0 Å². The van der Waals surface area contributed by atoms with Gasteiger partial charge in [-0.15, -0.1) is 0 Å². The molecule has 0 bridgehead atoms. The highest BCUT2D eigenvalue weighted by Gasteiger charge is 2.62. The number of ether oxygens (including phenoxy) is 17. The number of hydrogen-bond acceptors (Lipinski definition) is 42. The Kier molecular flexibility index (Phi) is 29.5. The zero-order chi connectivity index (χ0) is 75.1. The third-order valence-electron chi connectivity index (χ3n) is 21.7. The van der Waals surface area contributed by atoms with Crippen molar-refractivity contribution in [3.8, 4) is 0 Å². The Hall–Kier alpha value is -1.68. The van der Waals surface area contributed by atoms with Gasteiger partial charge in [0, 0.05) is 29.6 Å². The van der Waals surface area contributed by atoms with Gasteiger partial charge in [0.15, 0.2) is 44.0 Å². The van der Waals surface area contributed by atoms with Crippen molar-refractivity contribution in [2.45, 2.75) is 279 Å². The van der Waals surface area contributed by atoms with Crippen molar-refractivity contribution < 1.29 is 208 Å². The van der Waals surface area contributed by atoms with Crippen molar-refractivity contribution in [1.82, 2.24) is 0 Å². The summed E-state index contributed by atoms with van der Waals surface area (Å²) >= 11 is 0. The van der Waals surface area contributed by atoms with Crippen LogP contribution in [0.15, 0.2) is 0 Å². The molecule has 0 aromatic rings. The second kappa shape index (κ2) is 36.2. The monoisotopic (exact) mass is 1510 g/mol. The minimum atomic E-state index is -2.32. The van der Waals surface area contributed by atoms with Gasteiger partial charge in [0.05, 0.1) is 128 Å². The minimum absolute atomic E-state index is 0.229. The van der Waals surface area contributed by atoms with E-state index in [1.54, 1.807) is 6.92 Å². The van der Waals surface area contributed by atoms with Gasteiger partial charge in [0.25, 0.3) is 0 Å². The molecule has 42 heteroatoms. The van der Waals surface area contributed by atoms with Crippen LogP contribution in [-0.4, -0.2) is 452 Å². The molecule has 0 aromatic heterocycles. The molecule has 10 fully saturated rings. The summed E-state index contributed by atoms with van der Waals surface area (Å²) in [6, 6.07) is 0. The zero-order valence-corrected chi connectivity index (χ0v) is 56.2. The van der Waals surface area contributed by atoms with Crippen molar-refractivity contribution in [3.05, 3.63) is 0 Å². The predicted octanol–water partition coefficient (Wildman–Crippen LogP) is -15.4. The van der Waals surface area contributed by atoms with Crippen LogP contribution in [-0.2, 0) is 80.5 Å². The zero-order valence-electron chi connectivity index (χ0n) is 56.2. The lowest BCUT2D eigenvalue weighted by Gasteiger charge is -2.50. The number of rotatable bonds is 26. The highest BCUT2D eigenvalue weighted by molar-refractivity contribution is 5.06. The van der Waals surface area contributed by atoms with E-state index in [2.05, 4.69) is 0 Å². The normalized spacial score (nSPS) is 53.7. The third-order valence-corrected chi connectivity index (χ3v) is 21.7. The molecule has 0 aromatic carbocycles. The molecule has 600 valence electrons. The Labute approximate surface area is 587 Å². The lowest BCUT2D eigenvalue weighted by Crippen LogP contribution is -2.67. The van der Waals surface area contributed by atoms with Gasteiger partial charge in [-0.05, 0) is 6.42 Å². The summed E-state index contributed by atoms with van der Waals surface area (Å²) in [5.74, 6) is -5.40. The first-order valence-electron chi connectivity index (χ1n) is 34.5. The van der Waals surface area contributed by atoms with Crippen molar-refractivity contribution in [2.24, 2.45) is 29.6 Å². The maximum Gasteiger partial charge on any atom is 0.187 e. The van der Waals surface area contributed by atoms with Crippen LogP contribution < -0.4 is 0 Å². The van der Waals surface area contributed by atoms with Crippen LogP contribution in [0.5, 0.6) is 0 Å². The minimum Gasteiger partial charge on any atom is -0.394 e. The quantitative estimate of drug-likeness (QED) is 0.0382. The Morgan fingerprint density at radius 1 is 0.272 bits per heavy atom. The molecule has 46 unspecified atom stereocenters. The number of hydrogen-bond donors (Lipinski definition) is 25. The first-order chi connectivity index (χ1) is 49.1. The van der Waals surface area contributed by atoms with Crippen LogP contribution in [0.25, 0.3) is 0 Å². The van der Waals surface area contributed by atoms with Gasteiger partial charge in [-0.2, -0.15) is 0 Å². The predicted molar refractivity (Wildman–Crippen MR) is 322 cm³/mol. The van der Waals surface area contributed by atoms with E-state index >= 15 is 0 Å². The van der Waals surface area contributed by atoms with Crippen LogP contribution >= 0.6 is 0 Å². The molecule has 10 aliphatic rings. The maximum atomic E-state index is 12.5. The lowest BCUT2D eigenvalue weighted by atomic mass is 9.76. The van der Waals surface area contributed by atoms with Crippen LogP contribution in [0.3, 0.4) is 0 Å². The number of fused-ring (bicyclic) bond motifs is 1. The van der Waals surface area contributed by atoms with Gasteiger partial charge in [-0.25, -0.2) is 0 Å². The molecule has 0 spiro atoms. The van der Waals surface area contributed by atoms with E-state index in [1.807, 2.05) is 0 Å². The molecule has 10 heterocycles. The summed E-state index contributed by atoms with van der Waals surface area (Å²) in [6.07, 6.45) is -73.5. The van der Waals surface area contributed by atoms with Crippen LogP contribution in [0.1, 0.15) is 27.2 Å². The number of aliphatic hydroxyl groups excluding tert-OH is 25. The molecule has 46 atom stereocenters. The summed E-state index contributed by atoms with van der Waals surface area (Å²) in [6.45, 7) is -4.12. The van der Waals surface area contributed by atoms with Gasteiger partial charge in [-0.1, -0.05) is 20.8 Å². The summed E-state index contributed by atoms with van der Waals surface area (Å²) in [4.78, 5) is 0. The highest BCUT2D eigenvalue weighted by atomic mass is 16.8. The lowest BCUT2D eigenvalue weighted by molar-refractivity contribution is -0.395. The fraction of sp³-hybridized carbons (Fsp3) is 1.00. The molecule has 10 rings (SSSR count). The molecular formula is C61H104O42. The molecule has 0 amide bonds. The fourth-order valence-corrected chi connectivity index (χ4v) is 15.3. The smallest absolute Gasteiger partial charge is 0.187 e. The van der Waals surface area contributed by atoms with Crippen molar-refractivity contribution in [3.63, 3.8) is 0 Å². The first-order valence-corrected chi connectivity index (χ1v) is 34.5. The topological polar surface area (TPSA) is 663 Å². The van der Waals surface area contributed by atoms with E-state index in [4.69, 9.17) is 80.5 Å². The van der Waals surface area contributed by atoms with Gasteiger partial charge >= 0.3 is 0 Å². The second-order valence-corrected chi connectivity index (χ2v) is 28.0. The van der Waals surface area contributed by atoms with E-state index in [9.17, 15) is 128 Å². The average molecular weight is 1510 g/mol. The number of aliphatic hydroxyl groups is 25. The van der Waals surface area contributed by atoms with Crippen LogP contribution in [0.2, 0.25) is 0 Å². The van der Waals surface area contributed by atoms with E-state index in [0.29, 0.717) is 0 Å². The molecule has 0 saturated carbocycles. The molecular weight excluding hydrogens is 1400 g/mol. The summed E-state index contributed by atoms with van der Waals surface area (Å²) in [5, 5.41) is 277. The van der Waals surface area contributed by atoms with Gasteiger partial charge in [0.2, 0.25) is 0 Å². The largest absolute Gasteiger partial charge is 0.394 e. The Balaban J connectivity index is 0.903. The summed E-state index contributed by atoms with van der Waals surface area (Å²) in [7, 11) is 0. The van der Waals surface area contributed by atoms with Crippen molar-refractivity contribution in [2.75, 3.05) is 72.7 Å². The molecule has 42 nitrogen and oxygen atoms in total. The van der Waals surface area contributed by atoms with E-state index < -0.39 is 347 Å². The molecule has 0 aliphatic carbocycles. The Bertz CT molecular complexity index is 2550. The van der Waals surface area contributed by atoms with E-state index in [1.165, 1.54) is 13.8 Å². The first kappa shape index (κ1) is 83.8. The van der Waals surface area contributed by atoms with Gasteiger partial charge < -0.3 is 208 Å². The highest BCUT2D eigenvalue weighted by Crippen LogP contribution is 2.46. The Morgan fingerprint density at radius 3 is 1.08 bits per heavy atom. The molecule has 10 aliphatic heterocycles. The van der Waals surface area contributed by atoms with E-state index in [-0.39, 0.29) is 13.0 Å². The van der Waals surface area contributed by atoms with E-state index in [0.717, 1.165) is 0 Å². The average Bonchev–Trinajstić information content (AvgIpc) is 1.68. The van der Waals surface area contributed by atoms with Crippen molar-refractivity contribution in [1.29, 1.82) is 0 Å². The third kappa shape index (κ3) is 16.9.